The molecule has 2 N–H and O–H groups in total. The normalized spacial score (nSPS) is 11.8. The Morgan fingerprint density at radius 1 is 1.33 bits per heavy atom. The zero-order valence-corrected chi connectivity index (χ0v) is 11.8. The first-order valence-electron chi connectivity index (χ1n) is 5.77. The second kappa shape index (κ2) is 6.17. The van der Waals surface area contributed by atoms with Crippen molar-refractivity contribution in [1.82, 2.24) is 4.31 Å². The largest absolute Gasteiger partial charge is 0.396 e. The van der Waals surface area contributed by atoms with Crippen LogP contribution in [0.15, 0.2) is 23.1 Å². The molecule has 0 amide bonds. The van der Waals surface area contributed by atoms with Crippen LogP contribution in [0.1, 0.15) is 12.0 Å². The van der Waals surface area contributed by atoms with Crippen molar-refractivity contribution in [3.05, 3.63) is 23.8 Å². The van der Waals surface area contributed by atoms with Crippen LogP contribution in [0.3, 0.4) is 0 Å². The molecule has 1 rings (SSSR count). The highest BCUT2D eigenvalue weighted by Gasteiger charge is 2.17. The van der Waals surface area contributed by atoms with Gasteiger partial charge in [-0.15, -0.1) is 0 Å². The first-order valence-corrected chi connectivity index (χ1v) is 7.21. The van der Waals surface area contributed by atoms with E-state index in [2.05, 4.69) is 5.32 Å². The van der Waals surface area contributed by atoms with Crippen LogP contribution in [0.5, 0.6) is 0 Å². The maximum absolute atomic E-state index is 12.0. The van der Waals surface area contributed by atoms with E-state index in [0.29, 0.717) is 13.0 Å². The minimum absolute atomic E-state index is 0.113. The first kappa shape index (κ1) is 14.9. The van der Waals surface area contributed by atoms with E-state index in [1.165, 1.54) is 18.4 Å². The summed E-state index contributed by atoms with van der Waals surface area (Å²) >= 11 is 0. The van der Waals surface area contributed by atoms with Gasteiger partial charge in [0, 0.05) is 32.9 Å². The van der Waals surface area contributed by atoms with Crippen LogP contribution >= 0.6 is 0 Å². The molecular weight excluding hydrogens is 252 g/mol. The van der Waals surface area contributed by atoms with Gasteiger partial charge in [0.1, 0.15) is 0 Å². The summed E-state index contributed by atoms with van der Waals surface area (Å²) in [6.45, 7) is 2.64. The Kier molecular flexibility index (Phi) is 5.13. The molecule has 0 aliphatic heterocycles. The number of aryl methyl sites for hydroxylation is 1. The fourth-order valence-electron chi connectivity index (χ4n) is 1.46. The molecule has 6 heteroatoms. The second-order valence-corrected chi connectivity index (χ2v) is 6.42. The molecule has 0 bridgehead atoms. The molecule has 0 atom stereocenters. The van der Waals surface area contributed by atoms with Crippen LogP contribution in [0.25, 0.3) is 0 Å². The highest BCUT2D eigenvalue weighted by molar-refractivity contribution is 7.89. The van der Waals surface area contributed by atoms with Gasteiger partial charge >= 0.3 is 0 Å². The Hall–Kier alpha value is -1.11. The van der Waals surface area contributed by atoms with Gasteiger partial charge in [0.25, 0.3) is 0 Å². The van der Waals surface area contributed by atoms with Crippen LogP contribution in [-0.2, 0) is 10.0 Å². The Morgan fingerprint density at radius 3 is 2.56 bits per heavy atom. The zero-order valence-electron chi connectivity index (χ0n) is 11.0. The number of aliphatic hydroxyl groups is 1. The van der Waals surface area contributed by atoms with Crippen molar-refractivity contribution in [3.63, 3.8) is 0 Å². The molecule has 0 fully saturated rings. The fourth-order valence-corrected chi connectivity index (χ4v) is 2.39. The summed E-state index contributed by atoms with van der Waals surface area (Å²) in [4.78, 5) is 0.268. The zero-order chi connectivity index (χ0) is 13.8. The lowest BCUT2D eigenvalue weighted by Crippen LogP contribution is -2.22. The van der Waals surface area contributed by atoms with E-state index in [-0.39, 0.29) is 11.5 Å². The topological polar surface area (TPSA) is 69.6 Å². The average molecular weight is 272 g/mol. The summed E-state index contributed by atoms with van der Waals surface area (Å²) in [5.41, 5.74) is 1.76. The summed E-state index contributed by atoms with van der Waals surface area (Å²) in [6.07, 6.45) is 0.629. The van der Waals surface area contributed by atoms with E-state index < -0.39 is 10.0 Å². The van der Waals surface area contributed by atoms with Gasteiger partial charge in [0.2, 0.25) is 10.0 Å². The standard InChI is InChI=1S/C12H20N2O3S/c1-10-5-6-11(18(16,17)14(2)3)9-12(10)13-7-4-8-15/h5-6,9,13,15H,4,7-8H2,1-3H3. The maximum atomic E-state index is 12.0. The Morgan fingerprint density at radius 2 is 2.00 bits per heavy atom. The van der Waals surface area contributed by atoms with Gasteiger partial charge in [0.05, 0.1) is 4.90 Å². The monoisotopic (exact) mass is 272 g/mol. The summed E-state index contributed by atoms with van der Waals surface area (Å²) in [5.74, 6) is 0. The molecule has 0 heterocycles. The number of nitrogens with zero attached hydrogens (tertiary/aromatic N) is 1. The third-order valence-electron chi connectivity index (χ3n) is 2.64. The van der Waals surface area contributed by atoms with Crippen molar-refractivity contribution < 1.29 is 13.5 Å². The van der Waals surface area contributed by atoms with Gasteiger partial charge in [-0.2, -0.15) is 0 Å². The summed E-state index contributed by atoms with van der Waals surface area (Å²) < 4.78 is 25.2. The summed E-state index contributed by atoms with van der Waals surface area (Å²) in [7, 11) is -0.387. The van der Waals surface area contributed by atoms with E-state index >= 15 is 0 Å². The molecule has 0 radical (unpaired) electrons. The molecule has 102 valence electrons. The minimum atomic E-state index is -3.40. The number of hydrogen-bond donors (Lipinski definition) is 2. The Bertz CT molecular complexity index is 498. The third kappa shape index (κ3) is 3.44. The predicted molar refractivity (Wildman–Crippen MR) is 72.2 cm³/mol. The highest BCUT2D eigenvalue weighted by atomic mass is 32.2. The van der Waals surface area contributed by atoms with Gasteiger partial charge in [-0.05, 0) is 31.0 Å². The first-order chi connectivity index (χ1) is 8.39. The lowest BCUT2D eigenvalue weighted by Gasteiger charge is -2.14. The number of hydrogen-bond acceptors (Lipinski definition) is 4. The minimum Gasteiger partial charge on any atom is -0.396 e. The molecule has 0 aliphatic rings. The van der Waals surface area contributed by atoms with Crippen molar-refractivity contribution in [3.8, 4) is 0 Å². The quantitative estimate of drug-likeness (QED) is 0.759. The molecule has 18 heavy (non-hydrogen) atoms. The van der Waals surface area contributed by atoms with Gasteiger partial charge < -0.3 is 10.4 Å². The molecule has 0 unspecified atom stereocenters. The second-order valence-electron chi connectivity index (χ2n) is 4.27. The van der Waals surface area contributed by atoms with Crippen LogP contribution in [0, 0.1) is 6.92 Å². The molecule has 0 aliphatic carbocycles. The molecule has 0 aromatic heterocycles. The number of nitrogens with one attached hydrogen (secondary N) is 1. The van der Waals surface area contributed by atoms with Gasteiger partial charge in [-0.1, -0.05) is 6.07 Å². The van der Waals surface area contributed by atoms with Crippen molar-refractivity contribution in [1.29, 1.82) is 0 Å². The summed E-state index contributed by atoms with van der Waals surface area (Å²) in [5, 5.41) is 11.8. The van der Waals surface area contributed by atoms with Crippen molar-refractivity contribution in [2.75, 3.05) is 32.6 Å². The van der Waals surface area contributed by atoms with Crippen molar-refractivity contribution in [2.45, 2.75) is 18.2 Å². The van der Waals surface area contributed by atoms with Crippen LogP contribution in [0.2, 0.25) is 0 Å². The Balaban J connectivity index is 3.01. The maximum Gasteiger partial charge on any atom is 0.242 e. The SMILES string of the molecule is Cc1ccc(S(=O)(=O)N(C)C)cc1NCCCO. The number of anilines is 1. The van der Waals surface area contributed by atoms with Crippen molar-refractivity contribution in [2.24, 2.45) is 0 Å². The third-order valence-corrected chi connectivity index (χ3v) is 4.45. The van der Waals surface area contributed by atoms with Gasteiger partial charge in [-0.25, -0.2) is 12.7 Å². The molecular formula is C12H20N2O3S. The van der Waals surface area contributed by atoms with E-state index in [0.717, 1.165) is 11.3 Å². The van der Waals surface area contributed by atoms with Gasteiger partial charge in [0.15, 0.2) is 0 Å². The number of benzene rings is 1. The molecule has 0 spiro atoms. The smallest absolute Gasteiger partial charge is 0.242 e. The van der Waals surface area contributed by atoms with Crippen LogP contribution < -0.4 is 5.32 Å². The van der Waals surface area contributed by atoms with E-state index in [1.807, 2.05) is 6.92 Å². The lowest BCUT2D eigenvalue weighted by molar-refractivity contribution is 0.292. The molecule has 0 saturated heterocycles. The number of rotatable bonds is 6. The highest BCUT2D eigenvalue weighted by Crippen LogP contribution is 2.21. The van der Waals surface area contributed by atoms with E-state index in [1.54, 1.807) is 18.2 Å². The molecule has 1 aromatic carbocycles. The molecule has 1 aromatic rings. The van der Waals surface area contributed by atoms with Crippen LogP contribution in [0.4, 0.5) is 5.69 Å². The Labute approximate surface area is 108 Å². The van der Waals surface area contributed by atoms with E-state index in [9.17, 15) is 8.42 Å². The average Bonchev–Trinajstić information content (AvgIpc) is 2.31. The van der Waals surface area contributed by atoms with Gasteiger partial charge in [-0.3, -0.25) is 0 Å². The summed E-state index contributed by atoms with van der Waals surface area (Å²) in [6, 6.07) is 5.00. The van der Waals surface area contributed by atoms with E-state index in [4.69, 9.17) is 5.11 Å². The number of aliphatic hydroxyl groups excluding tert-OH is 1. The molecule has 0 saturated carbocycles. The predicted octanol–water partition coefficient (Wildman–Crippen LogP) is 1.04. The number of sulfonamides is 1. The fraction of sp³-hybridized carbons (Fsp3) is 0.500. The van der Waals surface area contributed by atoms with Crippen LogP contribution in [-0.4, -0.2) is 45.1 Å². The molecule has 5 nitrogen and oxygen atoms in total. The van der Waals surface area contributed by atoms with Crippen molar-refractivity contribution >= 4 is 15.7 Å². The lowest BCUT2D eigenvalue weighted by atomic mass is 10.2.